The Bertz CT molecular complexity index is 632. The predicted molar refractivity (Wildman–Crippen MR) is 113 cm³/mol. The summed E-state index contributed by atoms with van der Waals surface area (Å²) in [5.74, 6) is 2.35. The van der Waals surface area contributed by atoms with Gasteiger partial charge in [0.1, 0.15) is 5.54 Å². The Morgan fingerprint density at radius 3 is 2.54 bits per heavy atom. The number of nitrogens with one attached hydrogen (secondary N) is 1. The molecule has 0 bridgehead atoms. The zero-order valence-electron chi connectivity index (χ0n) is 16.7. The fraction of sp³-hybridized carbons (Fsp3) is 0.667. The molecule has 0 unspecified atom stereocenters. The van der Waals surface area contributed by atoms with E-state index in [4.69, 9.17) is 0 Å². The van der Waals surface area contributed by atoms with Gasteiger partial charge in [0.05, 0.1) is 11.4 Å². The number of piperidine rings is 1. The number of amides is 1. The molecule has 0 atom stereocenters. The Labute approximate surface area is 162 Å². The number of carbonyl (C=O) groups is 1. The molecule has 0 aromatic heterocycles. The summed E-state index contributed by atoms with van der Waals surface area (Å²) in [6, 6.07) is 8.27. The molecular weight excluding hydrogens is 342 g/mol. The Hall–Kier alpha value is -1.20. The van der Waals surface area contributed by atoms with Crippen molar-refractivity contribution in [3.63, 3.8) is 0 Å². The molecule has 1 amide bonds. The van der Waals surface area contributed by atoms with Crippen molar-refractivity contribution < 1.29 is 4.79 Å². The lowest BCUT2D eigenvalue weighted by Gasteiger charge is -2.48. The maximum Gasteiger partial charge on any atom is 0.252 e. The molecule has 2 aliphatic rings. The molecule has 0 radical (unpaired) electrons. The number of thioether (sulfide) groups is 1. The summed E-state index contributed by atoms with van der Waals surface area (Å²) in [5.41, 5.74) is 2.01. The van der Waals surface area contributed by atoms with Gasteiger partial charge in [-0.15, -0.1) is 0 Å². The lowest BCUT2D eigenvalue weighted by Crippen LogP contribution is -2.62. The number of nitrogens with zero attached hydrogens (tertiary/aromatic N) is 2. The van der Waals surface area contributed by atoms with Crippen molar-refractivity contribution in [3.05, 3.63) is 24.3 Å². The lowest BCUT2D eigenvalue weighted by atomic mass is 9.82. The number of fused-ring (bicyclic) bond motifs is 1. The third-order valence-corrected chi connectivity index (χ3v) is 6.17. The molecule has 1 aromatic carbocycles. The predicted octanol–water partition coefficient (Wildman–Crippen LogP) is 4.08. The summed E-state index contributed by atoms with van der Waals surface area (Å²) in [5, 5.41) is 3.64. The Balaban J connectivity index is 1.78. The Morgan fingerprint density at radius 2 is 1.88 bits per heavy atom. The van der Waals surface area contributed by atoms with E-state index in [0.717, 1.165) is 61.9 Å². The third-order valence-electron chi connectivity index (χ3n) is 5.29. The highest BCUT2D eigenvalue weighted by Crippen LogP contribution is 2.40. The van der Waals surface area contributed by atoms with Gasteiger partial charge in [0.25, 0.3) is 5.91 Å². The average molecular weight is 376 g/mol. The number of hydrogen-bond acceptors (Lipinski definition) is 4. The number of benzene rings is 1. The number of para-hydroxylation sites is 2. The molecule has 2 heterocycles. The summed E-state index contributed by atoms with van der Waals surface area (Å²) in [6.07, 6.45) is 1.77. The van der Waals surface area contributed by atoms with Crippen molar-refractivity contribution in [3.8, 4) is 0 Å². The number of likely N-dealkylation sites (tertiary alicyclic amines) is 1. The van der Waals surface area contributed by atoms with Gasteiger partial charge in [0.15, 0.2) is 0 Å². The maximum atomic E-state index is 13.5. The number of anilines is 2. The van der Waals surface area contributed by atoms with Gasteiger partial charge in [-0.1, -0.05) is 39.8 Å². The monoisotopic (exact) mass is 375 g/mol. The SMILES string of the molecule is CCSCCN1C(=O)C2(CCN(CC(C)(C)C)CC2)Nc2ccccc21. The van der Waals surface area contributed by atoms with Gasteiger partial charge in [-0.2, -0.15) is 11.8 Å². The second kappa shape index (κ2) is 7.81. The largest absolute Gasteiger partial charge is 0.369 e. The van der Waals surface area contributed by atoms with Crippen LogP contribution in [0.25, 0.3) is 0 Å². The molecule has 2 aliphatic heterocycles. The van der Waals surface area contributed by atoms with Gasteiger partial charge in [0, 0.05) is 31.9 Å². The molecule has 26 heavy (non-hydrogen) atoms. The molecule has 1 saturated heterocycles. The van der Waals surface area contributed by atoms with Crippen LogP contribution in [0.1, 0.15) is 40.5 Å². The van der Waals surface area contributed by atoms with Crippen LogP contribution in [0.3, 0.4) is 0 Å². The van der Waals surface area contributed by atoms with E-state index in [1.807, 2.05) is 22.7 Å². The zero-order chi connectivity index (χ0) is 18.8. The minimum atomic E-state index is -0.431. The maximum absolute atomic E-state index is 13.5. The second-order valence-corrected chi connectivity index (χ2v) is 10.1. The van der Waals surface area contributed by atoms with E-state index in [0.29, 0.717) is 5.41 Å². The molecule has 0 aliphatic carbocycles. The summed E-state index contributed by atoms with van der Waals surface area (Å²) in [6.45, 7) is 12.9. The fourth-order valence-electron chi connectivity index (χ4n) is 4.12. The first-order valence-corrected chi connectivity index (χ1v) is 11.0. The van der Waals surface area contributed by atoms with Gasteiger partial charge in [-0.3, -0.25) is 4.79 Å². The fourth-order valence-corrected chi connectivity index (χ4v) is 4.72. The topological polar surface area (TPSA) is 35.6 Å². The highest BCUT2D eigenvalue weighted by Gasteiger charge is 2.47. The Kier molecular flexibility index (Phi) is 5.88. The first-order chi connectivity index (χ1) is 12.3. The zero-order valence-corrected chi connectivity index (χ0v) is 17.5. The van der Waals surface area contributed by atoms with Gasteiger partial charge >= 0.3 is 0 Å². The molecule has 1 spiro atoms. The van der Waals surface area contributed by atoms with Crippen molar-refractivity contribution in [1.29, 1.82) is 0 Å². The third kappa shape index (κ3) is 4.20. The van der Waals surface area contributed by atoms with E-state index in [1.165, 1.54) is 0 Å². The summed E-state index contributed by atoms with van der Waals surface area (Å²) >= 11 is 1.90. The number of rotatable bonds is 5. The van der Waals surface area contributed by atoms with E-state index in [1.54, 1.807) is 0 Å². The van der Waals surface area contributed by atoms with Crippen molar-refractivity contribution in [1.82, 2.24) is 4.90 Å². The minimum absolute atomic E-state index is 0.267. The van der Waals surface area contributed by atoms with Crippen molar-refractivity contribution in [2.75, 3.05) is 47.9 Å². The van der Waals surface area contributed by atoms with E-state index in [9.17, 15) is 4.79 Å². The molecule has 5 heteroatoms. The van der Waals surface area contributed by atoms with Gasteiger partial charge in [0.2, 0.25) is 0 Å². The Morgan fingerprint density at radius 1 is 1.19 bits per heavy atom. The van der Waals surface area contributed by atoms with Crippen LogP contribution in [0.15, 0.2) is 24.3 Å². The van der Waals surface area contributed by atoms with Crippen molar-refractivity contribution >= 4 is 29.0 Å². The van der Waals surface area contributed by atoms with Crippen LogP contribution in [0.4, 0.5) is 11.4 Å². The van der Waals surface area contributed by atoms with Crippen LogP contribution in [0.5, 0.6) is 0 Å². The van der Waals surface area contributed by atoms with Crippen LogP contribution in [0, 0.1) is 5.41 Å². The lowest BCUT2D eigenvalue weighted by molar-refractivity contribution is -0.124. The molecule has 0 saturated carbocycles. The van der Waals surface area contributed by atoms with Crippen LogP contribution in [-0.4, -0.2) is 54.0 Å². The standard InChI is InChI=1S/C21H33N3OS/c1-5-26-15-14-24-18-9-7-6-8-17(18)22-21(19(24)25)10-12-23(13-11-21)16-20(2,3)4/h6-9,22H,5,10-16H2,1-4H3. The smallest absolute Gasteiger partial charge is 0.252 e. The molecule has 1 aromatic rings. The highest BCUT2D eigenvalue weighted by atomic mass is 32.2. The minimum Gasteiger partial charge on any atom is -0.369 e. The quantitative estimate of drug-likeness (QED) is 0.787. The first-order valence-electron chi connectivity index (χ1n) is 9.84. The van der Waals surface area contributed by atoms with Gasteiger partial charge in [-0.25, -0.2) is 0 Å². The molecule has 1 fully saturated rings. The van der Waals surface area contributed by atoms with E-state index in [2.05, 4.69) is 56.1 Å². The molecular formula is C21H33N3OS. The van der Waals surface area contributed by atoms with Crippen LogP contribution in [-0.2, 0) is 4.79 Å². The number of carbonyl (C=O) groups excluding carboxylic acids is 1. The van der Waals surface area contributed by atoms with E-state index < -0.39 is 5.54 Å². The summed E-state index contributed by atoms with van der Waals surface area (Å²) in [7, 11) is 0. The van der Waals surface area contributed by atoms with E-state index in [-0.39, 0.29) is 5.91 Å². The van der Waals surface area contributed by atoms with E-state index >= 15 is 0 Å². The summed E-state index contributed by atoms with van der Waals surface area (Å²) in [4.78, 5) is 18.0. The molecule has 144 valence electrons. The summed E-state index contributed by atoms with van der Waals surface area (Å²) < 4.78 is 0. The molecule has 4 nitrogen and oxygen atoms in total. The number of hydrogen-bond donors (Lipinski definition) is 1. The molecule has 3 rings (SSSR count). The first kappa shape index (κ1) is 19.6. The molecule has 1 N–H and O–H groups in total. The second-order valence-electron chi connectivity index (χ2n) is 8.71. The van der Waals surface area contributed by atoms with Crippen LogP contribution in [0.2, 0.25) is 0 Å². The van der Waals surface area contributed by atoms with Crippen molar-refractivity contribution in [2.45, 2.75) is 46.1 Å². The van der Waals surface area contributed by atoms with Crippen molar-refractivity contribution in [2.24, 2.45) is 5.41 Å². The van der Waals surface area contributed by atoms with Crippen LogP contribution >= 0.6 is 11.8 Å². The average Bonchev–Trinajstić information content (AvgIpc) is 2.59. The highest BCUT2D eigenvalue weighted by molar-refractivity contribution is 7.99. The normalized spacial score (nSPS) is 20.2. The van der Waals surface area contributed by atoms with Gasteiger partial charge in [-0.05, 0) is 36.1 Å². The van der Waals surface area contributed by atoms with Crippen LogP contribution < -0.4 is 10.2 Å². The van der Waals surface area contributed by atoms with Gasteiger partial charge < -0.3 is 15.1 Å².